The third kappa shape index (κ3) is 6.02. The number of hydrogen-bond acceptors (Lipinski definition) is 4. The second kappa shape index (κ2) is 9.57. The lowest BCUT2D eigenvalue weighted by Crippen LogP contribution is -2.41. The number of likely N-dealkylation sites (tertiary alicyclic amines) is 1. The van der Waals surface area contributed by atoms with E-state index < -0.39 is 0 Å². The molecule has 0 unspecified atom stereocenters. The molecular weight excluding hydrogens is 330 g/mol. The highest BCUT2D eigenvalue weighted by atomic mass is 16.5. The number of methoxy groups -OCH3 is 1. The first kappa shape index (κ1) is 20.2. The van der Waals surface area contributed by atoms with Gasteiger partial charge in [-0.1, -0.05) is 26.0 Å². The molecule has 2 N–H and O–H groups in total. The molecule has 26 heavy (non-hydrogen) atoms. The molecule has 6 nitrogen and oxygen atoms in total. The number of benzene rings is 1. The number of nitrogens with one attached hydrogen (secondary N) is 2. The normalized spacial score (nSPS) is 20.2. The zero-order valence-corrected chi connectivity index (χ0v) is 16.2. The maximum absolute atomic E-state index is 12.1. The third-order valence-corrected chi connectivity index (χ3v) is 4.99. The molecule has 1 heterocycles. The maximum atomic E-state index is 12.1. The van der Waals surface area contributed by atoms with Gasteiger partial charge in [0.05, 0.1) is 7.11 Å². The van der Waals surface area contributed by atoms with Gasteiger partial charge in [-0.05, 0) is 29.5 Å². The van der Waals surface area contributed by atoms with E-state index in [1.165, 1.54) is 0 Å². The summed E-state index contributed by atoms with van der Waals surface area (Å²) in [6, 6.07) is 7.85. The highest BCUT2D eigenvalue weighted by molar-refractivity contribution is 5.76. The van der Waals surface area contributed by atoms with Crippen LogP contribution in [0.1, 0.15) is 32.8 Å². The highest BCUT2D eigenvalue weighted by Crippen LogP contribution is 2.24. The van der Waals surface area contributed by atoms with Crippen molar-refractivity contribution in [3.05, 3.63) is 29.8 Å². The number of rotatable bonds is 8. The number of nitrogens with zero attached hydrogens (tertiary/aromatic N) is 1. The van der Waals surface area contributed by atoms with Crippen LogP contribution in [0.3, 0.4) is 0 Å². The largest absolute Gasteiger partial charge is 0.497 e. The van der Waals surface area contributed by atoms with Crippen LogP contribution in [0.15, 0.2) is 24.3 Å². The van der Waals surface area contributed by atoms with E-state index in [2.05, 4.69) is 29.4 Å². The van der Waals surface area contributed by atoms with Crippen molar-refractivity contribution in [2.24, 2.45) is 11.8 Å². The van der Waals surface area contributed by atoms with Crippen LogP contribution in [-0.2, 0) is 16.1 Å². The zero-order valence-electron chi connectivity index (χ0n) is 16.2. The van der Waals surface area contributed by atoms with Crippen LogP contribution >= 0.6 is 0 Å². The first-order chi connectivity index (χ1) is 12.4. The molecule has 1 saturated heterocycles. The molecular formula is C20H31N3O3. The van der Waals surface area contributed by atoms with Crippen LogP contribution in [0, 0.1) is 11.8 Å². The molecule has 2 amide bonds. The number of hydrogen-bond donors (Lipinski definition) is 2. The van der Waals surface area contributed by atoms with Gasteiger partial charge in [0.2, 0.25) is 11.8 Å². The van der Waals surface area contributed by atoms with E-state index in [4.69, 9.17) is 4.74 Å². The molecule has 1 aliphatic rings. The summed E-state index contributed by atoms with van der Waals surface area (Å²) in [7, 11) is 1.63. The fourth-order valence-electron chi connectivity index (χ4n) is 3.48. The van der Waals surface area contributed by atoms with Gasteiger partial charge in [0, 0.05) is 45.6 Å². The Bertz CT molecular complexity index is 601. The topological polar surface area (TPSA) is 70.7 Å². The van der Waals surface area contributed by atoms with Gasteiger partial charge >= 0.3 is 0 Å². The van der Waals surface area contributed by atoms with Crippen LogP contribution < -0.4 is 15.4 Å². The van der Waals surface area contributed by atoms with Crippen molar-refractivity contribution in [2.45, 2.75) is 39.8 Å². The molecule has 0 aromatic heterocycles. The molecule has 2 rings (SSSR count). The summed E-state index contributed by atoms with van der Waals surface area (Å²) in [6.07, 6.45) is 0.466. The molecule has 0 radical (unpaired) electrons. The maximum Gasteiger partial charge on any atom is 0.221 e. The summed E-state index contributed by atoms with van der Waals surface area (Å²) in [5, 5.41) is 6.02. The summed E-state index contributed by atoms with van der Waals surface area (Å²) >= 11 is 0. The van der Waals surface area contributed by atoms with Gasteiger partial charge < -0.3 is 20.3 Å². The van der Waals surface area contributed by atoms with Gasteiger partial charge in [-0.3, -0.25) is 9.59 Å². The second-order valence-electron chi connectivity index (χ2n) is 7.35. The van der Waals surface area contributed by atoms with Crippen LogP contribution in [0.4, 0.5) is 0 Å². The lowest BCUT2D eigenvalue weighted by Gasteiger charge is -2.22. The molecule has 0 bridgehead atoms. The van der Waals surface area contributed by atoms with Crippen molar-refractivity contribution in [3.63, 3.8) is 0 Å². The molecule has 0 aliphatic carbocycles. The molecule has 0 spiro atoms. The molecule has 144 valence electrons. The molecule has 1 aromatic rings. The Morgan fingerprint density at radius 2 is 1.92 bits per heavy atom. The summed E-state index contributed by atoms with van der Waals surface area (Å²) in [5.74, 6) is 1.80. The number of ether oxygens (including phenoxy) is 1. The Kier molecular flexibility index (Phi) is 7.45. The Hall–Kier alpha value is -2.08. The van der Waals surface area contributed by atoms with Crippen molar-refractivity contribution in [2.75, 3.05) is 26.7 Å². The van der Waals surface area contributed by atoms with E-state index in [0.29, 0.717) is 31.3 Å². The highest BCUT2D eigenvalue weighted by Gasteiger charge is 2.34. The molecule has 6 heteroatoms. The van der Waals surface area contributed by atoms with Gasteiger partial charge in [0.25, 0.3) is 0 Å². The minimum atomic E-state index is 0.0136. The predicted molar refractivity (Wildman–Crippen MR) is 102 cm³/mol. The minimum absolute atomic E-state index is 0.0136. The Morgan fingerprint density at radius 1 is 1.23 bits per heavy atom. The molecule has 2 atom stereocenters. The Morgan fingerprint density at radius 3 is 2.50 bits per heavy atom. The third-order valence-electron chi connectivity index (χ3n) is 4.99. The van der Waals surface area contributed by atoms with Crippen molar-refractivity contribution in [3.8, 4) is 5.75 Å². The molecule has 1 aromatic carbocycles. The van der Waals surface area contributed by atoms with Crippen LogP contribution in [0.25, 0.3) is 0 Å². The first-order valence-corrected chi connectivity index (χ1v) is 9.28. The predicted octanol–water partition coefficient (Wildman–Crippen LogP) is 1.79. The van der Waals surface area contributed by atoms with Crippen molar-refractivity contribution < 1.29 is 14.3 Å². The van der Waals surface area contributed by atoms with E-state index in [0.717, 1.165) is 24.4 Å². The van der Waals surface area contributed by atoms with Crippen LogP contribution in [0.2, 0.25) is 0 Å². The van der Waals surface area contributed by atoms with E-state index in [1.54, 1.807) is 14.0 Å². The van der Waals surface area contributed by atoms with Crippen molar-refractivity contribution in [1.29, 1.82) is 0 Å². The standard InChI is InChI=1S/C20H31N3O3/c1-14(2)18-12-23(13-19(18)22-15(3)24)10-9-20(25)21-11-16-5-7-17(26-4)8-6-16/h5-8,14,18-19H,9-13H2,1-4H3,(H,21,25)(H,22,24)/t18-,19+/m0/s1. The number of carbonyl (C=O) groups excluding carboxylic acids is 2. The zero-order chi connectivity index (χ0) is 19.1. The van der Waals surface area contributed by atoms with Gasteiger partial charge in [0.1, 0.15) is 5.75 Å². The summed E-state index contributed by atoms with van der Waals surface area (Å²) in [4.78, 5) is 25.8. The van der Waals surface area contributed by atoms with Crippen molar-refractivity contribution >= 4 is 11.8 Å². The monoisotopic (exact) mass is 361 g/mol. The number of amides is 2. The van der Waals surface area contributed by atoms with Gasteiger partial charge in [-0.25, -0.2) is 0 Å². The van der Waals surface area contributed by atoms with E-state index in [1.807, 2.05) is 24.3 Å². The summed E-state index contributed by atoms with van der Waals surface area (Å²) in [6.45, 7) is 8.91. The summed E-state index contributed by atoms with van der Waals surface area (Å²) < 4.78 is 5.13. The van der Waals surface area contributed by atoms with Crippen LogP contribution in [-0.4, -0.2) is 49.5 Å². The average Bonchev–Trinajstić information content (AvgIpc) is 3.01. The van der Waals surface area contributed by atoms with Crippen molar-refractivity contribution in [1.82, 2.24) is 15.5 Å². The molecule has 1 aliphatic heterocycles. The van der Waals surface area contributed by atoms with E-state index in [9.17, 15) is 9.59 Å². The fourth-order valence-corrected chi connectivity index (χ4v) is 3.48. The fraction of sp³-hybridized carbons (Fsp3) is 0.600. The summed E-state index contributed by atoms with van der Waals surface area (Å²) in [5.41, 5.74) is 1.05. The first-order valence-electron chi connectivity index (χ1n) is 9.28. The van der Waals surface area contributed by atoms with Gasteiger partial charge in [-0.2, -0.15) is 0 Å². The van der Waals surface area contributed by atoms with Crippen LogP contribution in [0.5, 0.6) is 5.75 Å². The molecule has 1 fully saturated rings. The van der Waals surface area contributed by atoms with Gasteiger partial charge in [0.15, 0.2) is 0 Å². The Balaban J connectivity index is 1.75. The molecule has 0 saturated carbocycles. The van der Waals surface area contributed by atoms with Gasteiger partial charge in [-0.15, -0.1) is 0 Å². The van der Waals surface area contributed by atoms with E-state index >= 15 is 0 Å². The number of carbonyl (C=O) groups is 2. The lowest BCUT2D eigenvalue weighted by atomic mass is 9.91. The van der Waals surface area contributed by atoms with E-state index in [-0.39, 0.29) is 17.9 Å². The lowest BCUT2D eigenvalue weighted by molar-refractivity contribution is -0.122. The SMILES string of the molecule is COc1ccc(CNC(=O)CCN2C[C@@H](NC(C)=O)[C@H](C(C)C)C2)cc1. The Labute approximate surface area is 156 Å². The smallest absolute Gasteiger partial charge is 0.221 e. The average molecular weight is 361 g/mol. The quantitative estimate of drug-likeness (QED) is 0.741. The second-order valence-corrected chi connectivity index (χ2v) is 7.35. The minimum Gasteiger partial charge on any atom is -0.497 e.